The third kappa shape index (κ3) is 6.91. The van der Waals surface area contributed by atoms with Gasteiger partial charge in [0.25, 0.3) is 0 Å². The van der Waals surface area contributed by atoms with Crippen molar-refractivity contribution in [3.05, 3.63) is 54.1 Å². The first-order valence-electron chi connectivity index (χ1n) is 10.2. The van der Waals surface area contributed by atoms with E-state index in [4.69, 9.17) is 4.74 Å². The van der Waals surface area contributed by atoms with E-state index in [1.165, 1.54) is 6.92 Å². The van der Waals surface area contributed by atoms with Crippen molar-refractivity contribution in [3.63, 3.8) is 0 Å². The van der Waals surface area contributed by atoms with E-state index in [0.29, 0.717) is 16.9 Å². The number of ether oxygens (including phenoxy) is 1. The molecule has 2 aromatic rings. The van der Waals surface area contributed by atoms with E-state index in [1.807, 2.05) is 24.3 Å². The Morgan fingerprint density at radius 1 is 0.935 bits per heavy atom. The molecule has 0 bridgehead atoms. The van der Waals surface area contributed by atoms with Gasteiger partial charge in [-0.25, -0.2) is 0 Å². The number of carbonyl (C=O) groups is 3. The van der Waals surface area contributed by atoms with Crippen molar-refractivity contribution in [2.24, 2.45) is 0 Å². The van der Waals surface area contributed by atoms with Crippen LogP contribution in [0.4, 0.5) is 17.1 Å². The Kier molecular flexibility index (Phi) is 7.75. The molecule has 1 aliphatic rings. The van der Waals surface area contributed by atoms with Crippen LogP contribution in [0.3, 0.4) is 0 Å². The Morgan fingerprint density at radius 3 is 2.16 bits per heavy atom. The van der Waals surface area contributed by atoms with Gasteiger partial charge in [-0.3, -0.25) is 19.3 Å². The van der Waals surface area contributed by atoms with Gasteiger partial charge in [-0.1, -0.05) is 12.1 Å². The fourth-order valence-corrected chi connectivity index (χ4v) is 3.34. The van der Waals surface area contributed by atoms with E-state index in [2.05, 4.69) is 15.5 Å². The van der Waals surface area contributed by atoms with E-state index < -0.39 is 0 Å². The van der Waals surface area contributed by atoms with Crippen LogP contribution in [-0.4, -0.2) is 68.9 Å². The zero-order valence-corrected chi connectivity index (χ0v) is 17.9. The Hall–Kier alpha value is -3.23. The molecule has 164 valence electrons. The summed E-state index contributed by atoms with van der Waals surface area (Å²) in [7, 11) is 1.70. The fourth-order valence-electron chi connectivity index (χ4n) is 3.34. The molecule has 0 aliphatic carbocycles. The standard InChI is InChI=1S/C23H28N4O4/c1-17(28)18-4-3-5-20(14-18)25-23(30)16-26(2)15-22(29)24-19-6-8-21(9-7-19)27-10-12-31-13-11-27/h3-9,14H,10-13,15-16H2,1-2H3,(H,24,29)(H,25,30). The molecule has 1 aliphatic heterocycles. The summed E-state index contributed by atoms with van der Waals surface area (Å²) in [6.45, 7) is 4.76. The highest BCUT2D eigenvalue weighted by atomic mass is 16.5. The normalized spacial score (nSPS) is 13.7. The highest BCUT2D eigenvalue weighted by Gasteiger charge is 2.13. The molecule has 0 unspecified atom stereocenters. The minimum absolute atomic E-state index is 0.0493. The maximum Gasteiger partial charge on any atom is 0.238 e. The van der Waals surface area contributed by atoms with Crippen LogP contribution in [0.5, 0.6) is 0 Å². The summed E-state index contributed by atoms with van der Waals surface area (Å²) in [5.41, 5.74) is 2.89. The van der Waals surface area contributed by atoms with E-state index in [9.17, 15) is 14.4 Å². The highest BCUT2D eigenvalue weighted by Crippen LogP contribution is 2.19. The second-order valence-electron chi connectivity index (χ2n) is 7.55. The van der Waals surface area contributed by atoms with Gasteiger partial charge in [0.1, 0.15) is 0 Å². The molecule has 31 heavy (non-hydrogen) atoms. The zero-order valence-electron chi connectivity index (χ0n) is 17.9. The number of Topliss-reactive ketones (excluding diaryl/α,β-unsaturated/α-hetero) is 1. The number of nitrogens with zero attached hydrogens (tertiary/aromatic N) is 2. The smallest absolute Gasteiger partial charge is 0.238 e. The van der Waals surface area contributed by atoms with Crippen LogP contribution in [0.25, 0.3) is 0 Å². The summed E-state index contributed by atoms with van der Waals surface area (Å²) in [4.78, 5) is 39.9. The summed E-state index contributed by atoms with van der Waals surface area (Å²) in [5.74, 6) is -0.526. The van der Waals surface area contributed by atoms with Crippen molar-refractivity contribution >= 4 is 34.7 Å². The number of rotatable bonds is 8. The van der Waals surface area contributed by atoms with Crippen molar-refractivity contribution in [2.45, 2.75) is 6.92 Å². The summed E-state index contributed by atoms with van der Waals surface area (Å²) < 4.78 is 5.36. The SMILES string of the molecule is CC(=O)c1cccc(NC(=O)CN(C)CC(=O)Nc2ccc(N3CCOCC3)cc2)c1. The molecule has 0 atom stereocenters. The number of carbonyl (C=O) groups excluding carboxylic acids is 3. The first-order chi connectivity index (χ1) is 14.9. The van der Waals surface area contributed by atoms with Crippen LogP contribution in [0.1, 0.15) is 17.3 Å². The monoisotopic (exact) mass is 424 g/mol. The third-order valence-corrected chi connectivity index (χ3v) is 4.91. The number of hydrogen-bond donors (Lipinski definition) is 2. The summed E-state index contributed by atoms with van der Waals surface area (Å²) in [5, 5.41) is 5.60. The van der Waals surface area contributed by atoms with E-state index in [0.717, 1.165) is 32.0 Å². The number of hydrogen-bond acceptors (Lipinski definition) is 6. The number of benzene rings is 2. The van der Waals surface area contributed by atoms with Gasteiger partial charge in [0.05, 0.1) is 26.3 Å². The number of likely N-dealkylation sites (N-methyl/N-ethyl adjacent to an activating group) is 1. The van der Waals surface area contributed by atoms with Gasteiger partial charge in [-0.2, -0.15) is 0 Å². The fraction of sp³-hybridized carbons (Fsp3) is 0.348. The molecule has 8 nitrogen and oxygen atoms in total. The molecule has 2 aromatic carbocycles. The lowest BCUT2D eigenvalue weighted by Gasteiger charge is -2.28. The van der Waals surface area contributed by atoms with Crippen molar-refractivity contribution in [1.29, 1.82) is 0 Å². The van der Waals surface area contributed by atoms with E-state index >= 15 is 0 Å². The van der Waals surface area contributed by atoms with E-state index in [-0.39, 0.29) is 30.7 Å². The van der Waals surface area contributed by atoms with Crippen molar-refractivity contribution in [3.8, 4) is 0 Å². The molecule has 0 radical (unpaired) electrons. The number of amides is 2. The molecule has 1 heterocycles. The van der Waals surface area contributed by atoms with E-state index in [1.54, 1.807) is 36.2 Å². The quantitative estimate of drug-likeness (QED) is 0.632. The van der Waals surface area contributed by atoms with Crippen molar-refractivity contribution in [1.82, 2.24) is 4.90 Å². The molecular weight excluding hydrogens is 396 g/mol. The average molecular weight is 425 g/mol. The molecule has 1 fully saturated rings. The molecule has 3 rings (SSSR count). The van der Waals surface area contributed by atoms with Crippen molar-refractivity contribution in [2.75, 3.05) is 62.0 Å². The van der Waals surface area contributed by atoms with Crippen LogP contribution >= 0.6 is 0 Å². The lowest BCUT2D eigenvalue weighted by atomic mass is 10.1. The summed E-state index contributed by atoms with van der Waals surface area (Å²) in [6.07, 6.45) is 0. The third-order valence-electron chi connectivity index (χ3n) is 4.91. The molecule has 0 aromatic heterocycles. The second-order valence-corrected chi connectivity index (χ2v) is 7.55. The number of morpholine rings is 1. The molecule has 2 amide bonds. The number of anilines is 3. The maximum atomic E-state index is 12.3. The highest BCUT2D eigenvalue weighted by molar-refractivity contribution is 5.98. The first-order valence-corrected chi connectivity index (χ1v) is 10.2. The van der Waals surface area contributed by atoms with Crippen LogP contribution in [-0.2, 0) is 14.3 Å². The van der Waals surface area contributed by atoms with Gasteiger partial charge in [-0.15, -0.1) is 0 Å². The lowest BCUT2D eigenvalue weighted by Crippen LogP contribution is -2.36. The molecule has 0 spiro atoms. The van der Waals surface area contributed by atoms with Crippen molar-refractivity contribution < 1.29 is 19.1 Å². The first kappa shape index (κ1) is 22.5. The second kappa shape index (κ2) is 10.7. The molecule has 2 N–H and O–H groups in total. The average Bonchev–Trinajstić information content (AvgIpc) is 2.74. The van der Waals surface area contributed by atoms with Crippen LogP contribution in [0, 0.1) is 0 Å². The predicted molar refractivity (Wildman–Crippen MR) is 121 cm³/mol. The minimum atomic E-state index is -0.258. The Balaban J connectivity index is 1.45. The van der Waals surface area contributed by atoms with Crippen LogP contribution in [0.2, 0.25) is 0 Å². The summed E-state index contributed by atoms with van der Waals surface area (Å²) in [6, 6.07) is 14.5. The molecule has 1 saturated heterocycles. The zero-order chi connectivity index (χ0) is 22.2. The number of nitrogens with one attached hydrogen (secondary N) is 2. The van der Waals surface area contributed by atoms with Gasteiger partial charge in [-0.05, 0) is 50.4 Å². The topological polar surface area (TPSA) is 91.0 Å². The van der Waals surface area contributed by atoms with Gasteiger partial charge >= 0.3 is 0 Å². The Morgan fingerprint density at radius 2 is 1.55 bits per heavy atom. The van der Waals surface area contributed by atoms with Crippen LogP contribution in [0.15, 0.2) is 48.5 Å². The largest absolute Gasteiger partial charge is 0.378 e. The van der Waals surface area contributed by atoms with Crippen LogP contribution < -0.4 is 15.5 Å². The lowest BCUT2D eigenvalue weighted by molar-refractivity contribution is -0.119. The Labute approximate surface area is 182 Å². The van der Waals surface area contributed by atoms with Gasteiger partial charge in [0.2, 0.25) is 11.8 Å². The van der Waals surface area contributed by atoms with Gasteiger partial charge in [0.15, 0.2) is 5.78 Å². The maximum absolute atomic E-state index is 12.3. The predicted octanol–water partition coefficient (Wildman–Crippen LogP) is 2.23. The molecule has 8 heteroatoms. The van der Waals surface area contributed by atoms with Gasteiger partial charge < -0.3 is 20.3 Å². The number of ketones is 1. The minimum Gasteiger partial charge on any atom is -0.378 e. The molecular formula is C23H28N4O4. The Bertz CT molecular complexity index is 923. The van der Waals surface area contributed by atoms with Gasteiger partial charge in [0, 0.05) is 35.7 Å². The molecule has 0 saturated carbocycles. The summed E-state index contributed by atoms with van der Waals surface area (Å²) >= 11 is 0.